The molecular weight excluding hydrogens is 215 g/mol. The minimum Gasteiger partial charge on any atom is -0.314 e. The summed E-state index contributed by atoms with van der Waals surface area (Å²) in [5.41, 5.74) is 1.41. The molecule has 0 aromatic rings. The Labute approximate surface area is 104 Å². The molecule has 0 radical (unpaired) electrons. The molecule has 96 valence electrons. The first-order valence-electron chi connectivity index (χ1n) is 6.66. The summed E-state index contributed by atoms with van der Waals surface area (Å²) in [5.74, 6) is 0.918. The number of allylic oxidation sites excluding steroid dienone is 3. The predicted octanol–water partition coefficient (Wildman–Crippen LogP) is 2.35. The van der Waals surface area contributed by atoms with Gasteiger partial charge in [-0.1, -0.05) is 25.5 Å². The Balaban J connectivity index is 1.92. The van der Waals surface area contributed by atoms with Crippen LogP contribution in [0.15, 0.2) is 23.6 Å². The van der Waals surface area contributed by atoms with E-state index in [1.807, 2.05) is 6.08 Å². The van der Waals surface area contributed by atoms with Gasteiger partial charge in [0.25, 0.3) is 0 Å². The van der Waals surface area contributed by atoms with Crippen molar-refractivity contribution in [3.63, 3.8) is 0 Å². The molecule has 0 amide bonds. The first-order valence-corrected chi connectivity index (χ1v) is 6.66. The Morgan fingerprint density at radius 1 is 1.41 bits per heavy atom. The highest BCUT2D eigenvalue weighted by atomic mass is 19.1. The lowest BCUT2D eigenvalue weighted by molar-refractivity contribution is 0.217. The molecule has 1 N–H and O–H groups in total. The second-order valence-electron chi connectivity index (χ2n) is 5.34. The second-order valence-corrected chi connectivity index (χ2v) is 5.34. The summed E-state index contributed by atoms with van der Waals surface area (Å²) in [6.45, 7) is 9.96. The highest BCUT2D eigenvalue weighted by molar-refractivity contribution is 5.25. The quantitative estimate of drug-likeness (QED) is 0.812. The molecule has 2 rings (SSSR count). The summed E-state index contributed by atoms with van der Waals surface area (Å²) in [5, 5.41) is 3.37. The summed E-state index contributed by atoms with van der Waals surface area (Å²) in [6, 6.07) is 0. The lowest BCUT2D eigenvalue weighted by Crippen LogP contribution is -2.45. The number of hydrogen-bond acceptors (Lipinski definition) is 2. The van der Waals surface area contributed by atoms with Crippen molar-refractivity contribution in [2.75, 3.05) is 32.7 Å². The SMILES string of the molecule is CC(CN1CCNCC1)C1=CC=C(F)C[C@@H]1C. The molecule has 0 spiro atoms. The maximum atomic E-state index is 13.1. The van der Waals surface area contributed by atoms with Gasteiger partial charge in [-0.25, -0.2) is 4.39 Å². The molecule has 0 aromatic heterocycles. The van der Waals surface area contributed by atoms with Crippen molar-refractivity contribution in [3.05, 3.63) is 23.6 Å². The van der Waals surface area contributed by atoms with E-state index in [1.54, 1.807) is 6.08 Å². The van der Waals surface area contributed by atoms with Gasteiger partial charge in [-0.15, -0.1) is 0 Å². The van der Waals surface area contributed by atoms with Gasteiger partial charge >= 0.3 is 0 Å². The van der Waals surface area contributed by atoms with Crippen molar-refractivity contribution in [3.8, 4) is 0 Å². The summed E-state index contributed by atoms with van der Waals surface area (Å²) in [6.07, 6.45) is 4.22. The summed E-state index contributed by atoms with van der Waals surface area (Å²) in [4.78, 5) is 2.50. The molecule has 17 heavy (non-hydrogen) atoms. The fourth-order valence-corrected chi connectivity index (χ4v) is 2.87. The number of rotatable bonds is 3. The van der Waals surface area contributed by atoms with Gasteiger partial charge < -0.3 is 10.2 Å². The molecule has 1 unspecified atom stereocenters. The number of nitrogens with one attached hydrogen (secondary N) is 1. The van der Waals surface area contributed by atoms with Crippen molar-refractivity contribution in [2.45, 2.75) is 20.3 Å². The van der Waals surface area contributed by atoms with Crippen LogP contribution in [0.1, 0.15) is 20.3 Å². The predicted molar refractivity (Wildman–Crippen MR) is 69.5 cm³/mol. The zero-order chi connectivity index (χ0) is 12.3. The minimum atomic E-state index is 0.0237. The third-order valence-electron chi connectivity index (χ3n) is 3.84. The van der Waals surface area contributed by atoms with Crippen LogP contribution in [0.3, 0.4) is 0 Å². The molecule has 1 fully saturated rings. The van der Waals surface area contributed by atoms with Crippen LogP contribution in [-0.2, 0) is 0 Å². The highest BCUT2D eigenvalue weighted by Gasteiger charge is 2.22. The first kappa shape index (κ1) is 12.8. The second kappa shape index (κ2) is 5.78. The monoisotopic (exact) mass is 238 g/mol. The molecule has 0 aromatic carbocycles. The van der Waals surface area contributed by atoms with E-state index in [-0.39, 0.29) is 5.83 Å². The third kappa shape index (κ3) is 3.39. The fourth-order valence-electron chi connectivity index (χ4n) is 2.87. The topological polar surface area (TPSA) is 15.3 Å². The molecule has 1 heterocycles. The number of hydrogen-bond donors (Lipinski definition) is 1. The van der Waals surface area contributed by atoms with E-state index in [1.165, 1.54) is 5.57 Å². The van der Waals surface area contributed by atoms with Gasteiger partial charge in [0.2, 0.25) is 0 Å². The van der Waals surface area contributed by atoms with Gasteiger partial charge in [-0.2, -0.15) is 0 Å². The zero-order valence-corrected chi connectivity index (χ0v) is 10.9. The van der Waals surface area contributed by atoms with Crippen LogP contribution in [0.4, 0.5) is 4.39 Å². The minimum absolute atomic E-state index is 0.0237. The van der Waals surface area contributed by atoms with Crippen LogP contribution in [-0.4, -0.2) is 37.6 Å². The molecule has 2 aliphatic rings. The standard InChI is InChI=1S/C14H23FN2/c1-11-9-13(15)3-4-14(11)12(2)10-17-7-5-16-6-8-17/h3-4,11-12,16H,5-10H2,1-2H3/t11-,12?/m0/s1. The normalized spacial score (nSPS) is 28.5. The number of nitrogens with zero attached hydrogens (tertiary/aromatic N) is 1. The van der Waals surface area contributed by atoms with E-state index in [0.29, 0.717) is 18.3 Å². The third-order valence-corrected chi connectivity index (χ3v) is 3.84. The van der Waals surface area contributed by atoms with Crippen LogP contribution >= 0.6 is 0 Å². The maximum absolute atomic E-state index is 13.1. The smallest absolute Gasteiger partial charge is 0.100 e. The molecule has 1 aliphatic heterocycles. The van der Waals surface area contributed by atoms with E-state index in [9.17, 15) is 4.39 Å². The molecule has 1 aliphatic carbocycles. The Morgan fingerprint density at radius 3 is 2.76 bits per heavy atom. The van der Waals surface area contributed by atoms with E-state index in [4.69, 9.17) is 0 Å². The van der Waals surface area contributed by atoms with E-state index in [0.717, 1.165) is 32.7 Å². The molecular formula is C14H23FN2. The van der Waals surface area contributed by atoms with Crippen LogP contribution in [0.2, 0.25) is 0 Å². The Kier molecular flexibility index (Phi) is 4.35. The van der Waals surface area contributed by atoms with Gasteiger partial charge in [0.05, 0.1) is 0 Å². The average molecular weight is 238 g/mol. The molecule has 2 atom stereocenters. The van der Waals surface area contributed by atoms with Gasteiger partial charge in [0.15, 0.2) is 0 Å². The van der Waals surface area contributed by atoms with Gasteiger partial charge in [0, 0.05) is 39.1 Å². The van der Waals surface area contributed by atoms with E-state index < -0.39 is 0 Å². The van der Waals surface area contributed by atoms with Crippen molar-refractivity contribution in [1.82, 2.24) is 10.2 Å². The lowest BCUT2D eigenvalue weighted by atomic mass is 9.84. The Hall–Kier alpha value is -0.670. The van der Waals surface area contributed by atoms with Crippen molar-refractivity contribution in [1.29, 1.82) is 0 Å². The van der Waals surface area contributed by atoms with Crippen molar-refractivity contribution < 1.29 is 4.39 Å². The number of piperazine rings is 1. The molecule has 0 saturated carbocycles. The Bertz CT molecular complexity index is 316. The summed E-state index contributed by atoms with van der Waals surface area (Å²) < 4.78 is 13.1. The van der Waals surface area contributed by atoms with E-state index in [2.05, 4.69) is 24.1 Å². The van der Waals surface area contributed by atoms with Crippen molar-refractivity contribution in [2.24, 2.45) is 11.8 Å². The van der Waals surface area contributed by atoms with Crippen LogP contribution in [0, 0.1) is 11.8 Å². The summed E-state index contributed by atoms with van der Waals surface area (Å²) >= 11 is 0. The van der Waals surface area contributed by atoms with Gasteiger partial charge in [-0.3, -0.25) is 0 Å². The Morgan fingerprint density at radius 2 is 2.12 bits per heavy atom. The van der Waals surface area contributed by atoms with Crippen molar-refractivity contribution >= 4 is 0 Å². The summed E-state index contributed by atoms with van der Waals surface area (Å²) in [7, 11) is 0. The van der Waals surface area contributed by atoms with E-state index >= 15 is 0 Å². The first-order chi connectivity index (χ1) is 8.16. The van der Waals surface area contributed by atoms with Gasteiger partial charge in [0.1, 0.15) is 5.83 Å². The van der Waals surface area contributed by atoms with Crippen LogP contribution in [0.5, 0.6) is 0 Å². The largest absolute Gasteiger partial charge is 0.314 e. The maximum Gasteiger partial charge on any atom is 0.100 e. The highest BCUT2D eigenvalue weighted by Crippen LogP contribution is 2.30. The molecule has 0 bridgehead atoms. The average Bonchev–Trinajstić information content (AvgIpc) is 2.30. The fraction of sp³-hybridized carbons (Fsp3) is 0.714. The van der Waals surface area contributed by atoms with Gasteiger partial charge in [-0.05, 0) is 17.9 Å². The zero-order valence-electron chi connectivity index (χ0n) is 10.9. The van der Waals surface area contributed by atoms with Crippen LogP contribution < -0.4 is 5.32 Å². The van der Waals surface area contributed by atoms with Crippen LogP contribution in [0.25, 0.3) is 0 Å². The molecule has 2 nitrogen and oxygen atoms in total. The molecule has 1 saturated heterocycles. The lowest BCUT2D eigenvalue weighted by Gasteiger charge is -2.32. The molecule has 3 heteroatoms. The number of halogens is 1.